The molecule has 0 saturated carbocycles. The zero-order valence-corrected chi connectivity index (χ0v) is 39.0. The van der Waals surface area contributed by atoms with Crippen LogP contribution in [0.2, 0.25) is 10.0 Å². The van der Waals surface area contributed by atoms with Crippen LogP contribution in [-0.4, -0.2) is 129 Å². The lowest BCUT2D eigenvalue weighted by molar-refractivity contribution is -0.141. The molecule has 2 N–H and O–H groups in total. The number of aromatic amines is 1. The van der Waals surface area contributed by atoms with Crippen LogP contribution in [0.3, 0.4) is 0 Å². The van der Waals surface area contributed by atoms with Crippen LogP contribution in [0, 0.1) is 11.8 Å². The number of hydrogen-bond donors (Lipinski definition) is 2. The number of carbonyl (C=O) groups excluding carboxylic acids is 6. The number of rotatable bonds is 10. The molecule has 68 heavy (non-hydrogen) atoms. The molecule has 4 fully saturated rings. The van der Waals surface area contributed by atoms with Crippen molar-refractivity contribution in [2.75, 3.05) is 62.2 Å². The molecular formula is C49H50Cl2N10O7. The zero-order valence-electron chi connectivity index (χ0n) is 37.5. The molecule has 17 nitrogen and oxygen atoms in total. The van der Waals surface area contributed by atoms with Crippen LogP contribution in [0.25, 0.3) is 22.2 Å². The first-order valence-corrected chi connectivity index (χ1v) is 24.0. The summed E-state index contributed by atoms with van der Waals surface area (Å²) < 4.78 is 6.24. The van der Waals surface area contributed by atoms with E-state index in [1.807, 2.05) is 59.3 Å². The maximum Gasteiger partial charge on any atom is 0.262 e. The first-order valence-electron chi connectivity index (χ1n) is 23.2. The Morgan fingerprint density at radius 3 is 2.22 bits per heavy atom. The highest BCUT2D eigenvalue weighted by Gasteiger charge is 2.45. The first-order chi connectivity index (χ1) is 32.9. The van der Waals surface area contributed by atoms with E-state index < -0.39 is 35.8 Å². The number of H-pyrrole nitrogens is 1. The van der Waals surface area contributed by atoms with Crippen LogP contribution in [-0.2, 0) is 19.2 Å². The molecule has 0 spiro atoms. The van der Waals surface area contributed by atoms with Crippen molar-refractivity contribution < 1.29 is 33.5 Å². The summed E-state index contributed by atoms with van der Waals surface area (Å²) in [6, 6.07) is 13.9. The number of likely N-dealkylation sites (tertiary alicyclic amines) is 1. The summed E-state index contributed by atoms with van der Waals surface area (Å²) in [5.74, 6) is -0.241. The molecule has 0 radical (unpaired) electrons. The average molecular weight is 962 g/mol. The van der Waals surface area contributed by atoms with Crippen molar-refractivity contribution >= 4 is 81.1 Å². The molecule has 5 aliphatic heterocycles. The number of carbonyl (C=O) groups is 6. The molecule has 19 heteroatoms. The standard InChI is InChI=1S/C49H50Cl2N10O7/c1-28(44-37(50)26-52-27-38(44)51)68-33-4-6-39-36(24-33)45(56-55-39)31-2-8-41(53-25-31)58-18-20-60(21-19-58)47(65)30-12-16-59(17-13-30)43(63)22-29-10-14-57(15-11-29)32-3-5-34-35(23-32)49(67)61(48(34)66)40-7-9-42(62)54-46(40)64/h2-6,8,23-30,40H,7,9-22H2,1H3,(H,55,56)(H,54,62,64)/t28-,40?/m1/s1. The summed E-state index contributed by atoms with van der Waals surface area (Å²) in [4.78, 5) is 95.8. The Kier molecular flexibility index (Phi) is 12.5. The van der Waals surface area contributed by atoms with Crippen molar-refractivity contribution in [1.82, 2.24) is 40.2 Å². The number of nitrogens with zero attached hydrogens (tertiary/aromatic N) is 8. The van der Waals surface area contributed by atoms with Gasteiger partial charge in [0.15, 0.2) is 0 Å². The van der Waals surface area contributed by atoms with Gasteiger partial charge < -0.3 is 24.3 Å². The molecule has 0 aliphatic carbocycles. The van der Waals surface area contributed by atoms with Gasteiger partial charge >= 0.3 is 0 Å². The van der Waals surface area contributed by atoms with E-state index in [0.29, 0.717) is 93.0 Å². The van der Waals surface area contributed by atoms with E-state index in [0.717, 1.165) is 51.4 Å². The number of benzene rings is 2. The van der Waals surface area contributed by atoms with Gasteiger partial charge in [-0.05, 0) is 93.5 Å². The van der Waals surface area contributed by atoms with E-state index in [-0.39, 0.29) is 47.6 Å². The fourth-order valence-corrected chi connectivity index (χ4v) is 11.0. The first kappa shape index (κ1) is 45.2. The molecule has 6 amide bonds. The number of halogens is 2. The second-order valence-electron chi connectivity index (χ2n) is 18.2. The maximum absolute atomic E-state index is 13.7. The number of amides is 6. The third-order valence-corrected chi connectivity index (χ3v) is 14.7. The summed E-state index contributed by atoms with van der Waals surface area (Å²) in [6.07, 6.45) is 8.03. The van der Waals surface area contributed by atoms with E-state index in [1.54, 1.807) is 24.5 Å². The number of piperidine rings is 3. The van der Waals surface area contributed by atoms with Crippen molar-refractivity contribution in [1.29, 1.82) is 0 Å². The lowest BCUT2D eigenvalue weighted by Gasteiger charge is -2.39. The summed E-state index contributed by atoms with van der Waals surface area (Å²) in [7, 11) is 0. The molecular weight excluding hydrogens is 912 g/mol. The Morgan fingerprint density at radius 2 is 1.51 bits per heavy atom. The van der Waals surface area contributed by atoms with Gasteiger partial charge in [0.1, 0.15) is 29.4 Å². The molecule has 2 atom stereocenters. The van der Waals surface area contributed by atoms with Crippen LogP contribution >= 0.6 is 23.2 Å². The molecule has 0 bridgehead atoms. The van der Waals surface area contributed by atoms with Crippen LogP contribution < -0.4 is 19.9 Å². The van der Waals surface area contributed by atoms with Crippen molar-refractivity contribution in [3.05, 3.63) is 93.9 Å². The summed E-state index contributed by atoms with van der Waals surface area (Å²) in [5.41, 5.74) is 4.45. The smallest absolute Gasteiger partial charge is 0.262 e. The van der Waals surface area contributed by atoms with Gasteiger partial charge in [-0.25, -0.2) is 4.98 Å². The number of piperazine rings is 1. The van der Waals surface area contributed by atoms with E-state index in [9.17, 15) is 28.8 Å². The Morgan fingerprint density at radius 1 is 0.779 bits per heavy atom. The third-order valence-electron chi connectivity index (χ3n) is 14.1. The topological polar surface area (TPSA) is 194 Å². The molecule has 5 aromatic rings. The minimum Gasteiger partial charge on any atom is -0.486 e. The number of ether oxygens (including phenoxy) is 1. The molecule has 3 aromatic heterocycles. The number of hydrogen-bond acceptors (Lipinski definition) is 12. The molecule has 2 aromatic carbocycles. The van der Waals surface area contributed by atoms with Crippen molar-refractivity contribution in [3.63, 3.8) is 0 Å². The molecule has 1 unspecified atom stereocenters. The van der Waals surface area contributed by atoms with Gasteiger partial charge in [0.05, 0.1) is 26.7 Å². The monoisotopic (exact) mass is 960 g/mol. The Bertz CT molecular complexity index is 2800. The summed E-state index contributed by atoms with van der Waals surface area (Å²) >= 11 is 12.7. The highest BCUT2D eigenvalue weighted by molar-refractivity contribution is 6.35. The number of imide groups is 2. The lowest BCUT2D eigenvalue weighted by Crippen LogP contribution is -2.54. The van der Waals surface area contributed by atoms with Crippen LogP contribution in [0.15, 0.2) is 67.1 Å². The SMILES string of the molecule is C[C@@H](Oc1ccc2[nH]nc(-c3ccc(N4CCN(C(=O)C5CCN(C(=O)CC6CCN(c7ccc8c(c7)C(=O)N(C7CCC(=O)NC7=O)C8=O)CC6)CC5)CC4)nc3)c2c1)c1c(Cl)cncc1Cl. The lowest BCUT2D eigenvalue weighted by atomic mass is 9.91. The molecule has 10 rings (SSSR count). The van der Waals surface area contributed by atoms with Crippen molar-refractivity contribution in [2.24, 2.45) is 11.8 Å². The molecule has 352 valence electrons. The minimum absolute atomic E-state index is 0.0666. The minimum atomic E-state index is -1.01. The Balaban J connectivity index is 0.665. The van der Waals surface area contributed by atoms with Crippen LogP contribution in [0.1, 0.15) is 84.3 Å². The summed E-state index contributed by atoms with van der Waals surface area (Å²) in [6.45, 7) is 6.94. The highest BCUT2D eigenvalue weighted by Crippen LogP contribution is 2.36. The quantitative estimate of drug-likeness (QED) is 0.154. The molecule has 8 heterocycles. The fraction of sp³-hybridized carbons (Fsp3) is 0.408. The predicted molar refractivity (Wildman–Crippen MR) is 253 cm³/mol. The number of pyridine rings is 2. The van der Waals surface area contributed by atoms with Gasteiger partial charge in [-0.1, -0.05) is 23.2 Å². The Hall–Kier alpha value is -6.59. The average Bonchev–Trinajstić information content (AvgIpc) is 3.88. The van der Waals surface area contributed by atoms with Crippen LogP contribution in [0.4, 0.5) is 11.5 Å². The van der Waals surface area contributed by atoms with E-state index >= 15 is 0 Å². The van der Waals surface area contributed by atoms with E-state index in [2.05, 4.69) is 30.3 Å². The number of nitrogens with one attached hydrogen (secondary N) is 2. The maximum atomic E-state index is 13.7. The highest BCUT2D eigenvalue weighted by atomic mass is 35.5. The zero-order chi connectivity index (χ0) is 47.2. The molecule has 5 aliphatic rings. The van der Waals surface area contributed by atoms with E-state index in [1.165, 1.54) is 0 Å². The van der Waals surface area contributed by atoms with Crippen molar-refractivity contribution in [3.8, 4) is 17.0 Å². The number of aromatic nitrogens is 4. The molecule has 4 saturated heterocycles. The van der Waals surface area contributed by atoms with Gasteiger partial charge in [-0.15, -0.1) is 0 Å². The Labute approximate surface area is 402 Å². The third kappa shape index (κ3) is 8.84. The van der Waals surface area contributed by atoms with Crippen molar-refractivity contribution in [2.45, 2.75) is 64.0 Å². The second-order valence-corrected chi connectivity index (χ2v) is 19.1. The predicted octanol–water partition coefficient (Wildman–Crippen LogP) is 6.06. The number of anilines is 2. The van der Waals surface area contributed by atoms with Gasteiger partial charge in [0.25, 0.3) is 11.8 Å². The normalized spacial score (nSPS) is 20.0. The van der Waals surface area contributed by atoms with Crippen LogP contribution in [0.5, 0.6) is 5.75 Å². The fourth-order valence-electron chi connectivity index (χ4n) is 10.3. The van der Waals surface area contributed by atoms with Gasteiger partial charge in [-0.3, -0.25) is 49.1 Å². The largest absolute Gasteiger partial charge is 0.486 e. The summed E-state index contributed by atoms with van der Waals surface area (Å²) in [5, 5.41) is 11.7. The van der Waals surface area contributed by atoms with Gasteiger partial charge in [-0.2, -0.15) is 5.10 Å². The van der Waals surface area contributed by atoms with Gasteiger partial charge in [0, 0.05) is 112 Å². The van der Waals surface area contributed by atoms with Gasteiger partial charge in [0.2, 0.25) is 23.6 Å². The second kappa shape index (κ2) is 18.8. The van der Waals surface area contributed by atoms with E-state index in [4.69, 9.17) is 32.9 Å². The number of fused-ring (bicyclic) bond motifs is 2.